The maximum Gasteiger partial charge on any atom is 0.303 e. The van der Waals surface area contributed by atoms with Crippen LogP contribution in [0.3, 0.4) is 0 Å². The van der Waals surface area contributed by atoms with Crippen LogP contribution in [0.2, 0.25) is 5.02 Å². The molecule has 0 saturated heterocycles. The van der Waals surface area contributed by atoms with Gasteiger partial charge in [0.05, 0.1) is 23.9 Å². The van der Waals surface area contributed by atoms with Gasteiger partial charge in [-0.2, -0.15) is 0 Å². The number of imidazole rings is 1. The lowest BCUT2D eigenvalue weighted by atomic mass is 10.3. The van der Waals surface area contributed by atoms with Crippen molar-refractivity contribution in [2.24, 2.45) is 0 Å². The number of carbonyl (C=O) groups is 1. The smallest absolute Gasteiger partial charge is 0.303 e. The number of ether oxygens (including phenoxy) is 2. The molecule has 2 aromatic carbocycles. The molecule has 1 aromatic heterocycles. The molecule has 1 heterocycles. The maximum absolute atomic E-state index is 11.4. The van der Waals surface area contributed by atoms with Crippen LogP contribution in [0, 0.1) is 0 Å². The highest BCUT2D eigenvalue weighted by atomic mass is 35.5. The summed E-state index contributed by atoms with van der Waals surface area (Å²) in [6.45, 7) is 2.10. The van der Waals surface area contributed by atoms with Gasteiger partial charge >= 0.3 is 5.97 Å². The van der Waals surface area contributed by atoms with Crippen molar-refractivity contribution < 1.29 is 14.3 Å². The third kappa shape index (κ3) is 4.06. The molecule has 0 aliphatic carbocycles. The molecular weight excluding hydrogens is 328 g/mol. The van der Waals surface area contributed by atoms with Gasteiger partial charge < -0.3 is 14.0 Å². The molecule has 0 saturated carbocycles. The summed E-state index contributed by atoms with van der Waals surface area (Å²) < 4.78 is 13.0. The SMILES string of the molecule is CC(=O)O[C@@H](COc1ccc(Cl)cc1)Cn1cnc2ccccc21. The summed E-state index contributed by atoms with van der Waals surface area (Å²) in [7, 11) is 0. The standard InChI is InChI=1S/C18H17ClN2O3/c1-13(22)24-16(11-23-15-8-6-14(19)7-9-15)10-21-12-20-17-4-2-3-5-18(17)21/h2-9,12,16H,10-11H2,1H3/t16-/m1/s1. The number of esters is 1. The van der Waals surface area contributed by atoms with E-state index in [4.69, 9.17) is 21.1 Å². The molecule has 24 heavy (non-hydrogen) atoms. The minimum absolute atomic E-state index is 0.244. The fraction of sp³-hybridized carbons (Fsp3) is 0.222. The summed E-state index contributed by atoms with van der Waals surface area (Å²) in [5.74, 6) is 0.330. The number of fused-ring (bicyclic) bond motifs is 1. The van der Waals surface area contributed by atoms with Crippen molar-refractivity contribution in [1.82, 2.24) is 9.55 Å². The van der Waals surface area contributed by atoms with Crippen LogP contribution in [0.15, 0.2) is 54.9 Å². The Bertz CT molecular complexity index is 830. The van der Waals surface area contributed by atoms with E-state index in [0.29, 0.717) is 17.3 Å². The molecule has 3 aromatic rings. The van der Waals surface area contributed by atoms with Crippen LogP contribution in [-0.4, -0.2) is 28.2 Å². The topological polar surface area (TPSA) is 53.4 Å². The molecule has 0 radical (unpaired) electrons. The van der Waals surface area contributed by atoms with Crippen molar-refractivity contribution in [2.45, 2.75) is 19.6 Å². The summed E-state index contributed by atoms with van der Waals surface area (Å²) in [4.78, 5) is 15.7. The van der Waals surface area contributed by atoms with Gasteiger partial charge in [-0.05, 0) is 36.4 Å². The van der Waals surface area contributed by atoms with Crippen LogP contribution >= 0.6 is 11.6 Å². The lowest BCUT2D eigenvalue weighted by Gasteiger charge is -2.18. The van der Waals surface area contributed by atoms with Gasteiger partial charge in [-0.25, -0.2) is 4.98 Å². The van der Waals surface area contributed by atoms with Crippen LogP contribution in [-0.2, 0) is 16.1 Å². The van der Waals surface area contributed by atoms with Crippen molar-refractivity contribution in [1.29, 1.82) is 0 Å². The van der Waals surface area contributed by atoms with E-state index in [-0.39, 0.29) is 12.6 Å². The van der Waals surface area contributed by atoms with Gasteiger partial charge in [0, 0.05) is 11.9 Å². The number of halogens is 1. The number of hydrogen-bond donors (Lipinski definition) is 0. The first-order valence-corrected chi connectivity index (χ1v) is 7.95. The first kappa shape index (κ1) is 16.3. The van der Waals surface area contributed by atoms with Crippen molar-refractivity contribution in [3.05, 3.63) is 59.9 Å². The molecule has 5 nitrogen and oxygen atoms in total. The highest BCUT2D eigenvalue weighted by molar-refractivity contribution is 6.30. The number of rotatable bonds is 6. The monoisotopic (exact) mass is 344 g/mol. The first-order valence-electron chi connectivity index (χ1n) is 7.57. The van der Waals surface area contributed by atoms with Gasteiger partial charge in [0.2, 0.25) is 0 Å². The van der Waals surface area contributed by atoms with Crippen LogP contribution in [0.4, 0.5) is 0 Å². The molecule has 0 aliphatic heterocycles. The quantitative estimate of drug-likeness (QED) is 0.640. The highest BCUT2D eigenvalue weighted by Gasteiger charge is 2.16. The summed E-state index contributed by atoms with van der Waals surface area (Å²) in [6, 6.07) is 14.9. The number of benzene rings is 2. The molecule has 0 fully saturated rings. The van der Waals surface area contributed by atoms with Gasteiger partial charge in [0.1, 0.15) is 12.4 Å². The Kier molecular flexibility index (Phi) is 5.01. The van der Waals surface area contributed by atoms with E-state index in [9.17, 15) is 4.79 Å². The van der Waals surface area contributed by atoms with Crippen molar-refractivity contribution in [3.63, 3.8) is 0 Å². The molecule has 0 amide bonds. The fourth-order valence-corrected chi connectivity index (χ4v) is 2.58. The molecule has 0 N–H and O–H groups in total. The summed E-state index contributed by atoms with van der Waals surface area (Å²) in [5, 5.41) is 0.642. The number of aromatic nitrogens is 2. The Morgan fingerprint density at radius 1 is 1.21 bits per heavy atom. The number of para-hydroxylation sites is 2. The zero-order valence-electron chi connectivity index (χ0n) is 13.2. The molecular formula is C18H17ClN2O3. The Balaban J connectivity index is 1.71. The Labute approximate surface area is 144 Å². The zero-order valence-corrected chi connectivity index (χ0v) is 13.9. The van der Waals surface area contributed by atoms with Gasteiger partial charge in [0.25, 0.3) is 0 Å². The normalized spacial score (nSPS) is 12.1. The predicted octanol–water partition coefficient (Wildman–Crippen LogP) is 3.70. The van der Waals surface area contributed by atoms with Gasteiger partial charge in [-0.15, -0.1) is 0 Å². The molecule has 124 valence electrons. The van der Waals surface area contributed by atoms with Crippen molar-refractivity contribution in [2.75, 3.05) is 6.61 Å². The van der Waals surface area contributed by atoms with E-state index >= 15 is 0 Å². The Morgan fingerprint density at radius 2 is 1.96 bits per heavy atom. The highest BCUT2D eigenvalue weighted by Crippen LogP contribution is 2.17. The minimum atomic E-state index is -0.421. The molecule has 6 heteroatoms. The lowest BCUT2D eigenvalue weighted by Crippen LogP contribution is -2.28. The van der Waals surface area contributed by atoms with E-state index in [1.807, 2.05) is 28.8 Å². The summed E-state index contributed by atoms with van der Waals surface area (Å²) in [6.07, 6.45) is 1.32. The molecule has 0 bridgehead atoms. The number of nitrogens with zero attached hydrogens (tertiary/aromatic N) is 2. The molecule has 0 unspecified atom stereocenters. The molecule has 3 rings (SSSR count). The number of carbonyl (C=O) groups excluding carboxylic acids is 1. The second-order valence-corrected chi connectivity index (χ2v) is 5.82. The van der Waals surface area contributed by atoms with Crippen LogP contribution in [0.25, 0.3) is 11.0 Å². The number of hydrogen-bond acceptors (Lipinski definition) is 4. The molecule has 1 atom stereocenters. The van der Waals surface area contributed by atoms with Gasteiger partial charge in [0.15, 0.2) is 6.10 Å². The van der Waals surface area contributed by atoms with Crippen LogP contribution in [0.1, 0.15) is 6.92 Å². The minimum Gasteiger partial charge on any atom is -0.490 e. The van der Waals surface area contributed by atoms with E-state index in [1.165, 1.54) is 6.92 Å². The third-order valence-corrected chi connectivity index (χ3v) is 3.76. The second-order valence-electron chi connectivity index (χ2n) is 5.38. The Hall–Kier alpha value is -2.53. The Morgan fingerprint density at radius 3 is 2.71 bits per heavy atom. The van der Waals surface area contributed by atoms with E-state index < -0.39 is 6.10 Å². The van der Waals surface area contributed by atoms with E-state index in [2.05, 4.69) is 4.98 Å². The maximum atomic E-state index is 11.4. The van der Waals surface area contributed by atoms with Crippen LogP contribution in [0.5, 0.6) is 5.75 Å². The third-order valence-electron chi connectivity index (χ3n) is 3.51. The lowest BCUT2D eigenvalue weighted by molar-refractivity contribution is -0.148. The summed E-state index contributed by atoms with van der Waals surface area (Å²) >= 11 is 5.86. The van der Waals surface area contributed by atoms with Crippen molar-refractivity contribution in [3.8, 4) is 5.75 Å². The van der Waals surface area contributed by atoms with Gasteiger partial charge in [-0.3, -0.25) is 4.79 Å². The fourth-order valence-electron chi connectivity index (χ4n) is 2.45. The molecule has 0 aliphatic rings. The van der Waals surface area contributed by atoms with Gasteiger partial charge in [-0.1, -0.05) is 23.7 Å². The van der Waals surface area contributed by atoms with E-state index in [1.54, 1.807) is 30.6 Å². The van der Waals surface area contributed by atoms with Crippen molar-refractivity contribution >= 4 is 28.6 Å². The second kappa shape index (κ2) is 7.36. The largest absolute Gasteiger partial charge is 0.490 e. The first-order chi connectivity index (χ1) is 11.6. The van der Waals surface area contributed by atoms with Crippen LogP contribution < -0.4 is 4.74 Å². The average molecular weight is 345 g/mol. The zero-order chi connectivity index (χ0) is 16.9. The summed E-state index contributed by atoms with van der Waals surface area (Å²) in [5.41, 5.74) is 1.89. The van der Waals surface area contributed by atoms with E-state index in [0.717, 1.165) is 11.0 Å². The average Bonchev–Trinajstić information content (AvgIpc) is 2.97. The molecule has 0 spiro atoms. The predicted molar refractivity (Wildman–Crippen MR) is 92.2 cm³/mol.